The maximum absolute atomic E-state index is 11.6. The largest absolute Gasteiger partial charge is 0.465 e. The van der Waals surface area contributed by atoms with Crippen LogP contribution >= 0.6 is 11.3 Å². The van der Waals surface area contributed by atoms with Crippen LogP contribution in [0.5, 0.6) is 0 Å². The molecule has 1 aliphatic rings. The van der Waals surface area contributed by atoms with Gasteiger partial charge in [-0.3, -0.25) is 4.98 Å². The Bertz CT molecular complexity index is 1070. The molecule has 2 heterocycles. The van der Waals surface area contributed by atoms with Crippen molar-refractivity contribution in [1.29, 1.82) is 0 Å². The van der Waals surface area contributed by atoms with Crippen LogP contribution < -0.4 is 0 Å². The topological polar surface area (TPSA) is 65.0 Å². The number of ether oxygens (including phenoxy) is 1. The van der Waals surface area contributed by atoms with Gasteiger partial charge >= 0.3 is 5.97 Å². The summed E-state index contributed by atoms with van der Waals surface area (Å²) in [6.45, 7) is 8.98. The maximum atomic E-state index is 11.6. The number of benzene rings is 1. The standard InChI is InChI=1S/C23H25N3O2S/c1-22(2)10-11-23(3,4)19-18(22)24-12-16(25-19)17-13-29-20(26-17)14-6-8-15(9-7-14)21(27)28-5/h6-9,12-13H,10-11H2,1-5H3. The minimum absolute atomic E-state index is 0.0103. The number of esters is 1. The molecule has 0 radical (unpaired) electrons. The van der Waals surface area contributed by atoms with Crippen molar-refractivity contribution >= 4 is 17.3 Å². The summed E-state index contributed by atoms with van der Waals surface area (Å²) in [5, 5.41) is 2.90. The normalized spacial score (nSPS) is 16.9. The van der Waals surface area contributed by atoms with Crippen molar-refractivity contribution in [3.8, 4) is 22.0 Å². The number of carbonyl (C=O) groups is 1. The third-order valence-corrected chi connectivity index (χ3v) is 6.64. The van der Waals surface area contributed by atoms with Gasteiger partial charge in [-0.25, -0.2) is 14.8 Å². The van der Waals surface area contributed by atoms with E-state index in [2.05, 4.69) is 27.7 Å². The molecule has 0 bridgehead atoms. The molecule has 1 aromatic carbocycles. The Kier molecular flexibility index (Phi) is 4.77. The molecule has 4 rings (SSSR count). The Morgan fingerprint density at radius 2 is 1.62 bits per heavy atom. The summed E-state index contributed by atoms with van der Waals surface area (Å²) in [5.74, 6) is -0.341. The number of nitrogens with zero attached hydrogens (tertiary/aromatic N) is 3. The number of carbonyl (C=O) groups excluding carboxylic acids is 1. The van der Waals surface area contributed by atoms with Crippen LogP contribution in [0.25, 0.3) is 22.0 Å². The minimum Gasteiger partial charge on any atom is -0.465 e. The molecule has 0 atom stereocenters. The number of methoxy groups -OCH3 is 1. The second-order valence-electron chi connectivity index (χ2n) is 8.83. The van der Waals surface area contributed by atoms with Crippen molar-refractivity contribution in [2.75, 3.05) is 7.11 Å². The van der Waals surface area contributed by atoms with Crippen molar-refractivity contribution in [1.82, 2.24) is 15.0 Å². The number of fused-ring (bicyclic) bond motifs is 1. The molecule has 6 heteroatoms. The fourth-order valence-corrected chi connectivity index (χ4v) is 4.55. The number of rotatable bonds is 3. The van der Waals surface area contributed by atoms with Gasteiger partial charge < -0.3 is 4.74 Å². The molecule has 0 aliphatic heterocycles. The first-order chi connectivity index (χ1) is 13.7. The van der Waals surface area contributed by atoms with Gasteiger partial charge in [0.15, 0.2) is 0 Å². The quantitative estimate of drug-likeness (QED) is 0.544. The van der Waals surface area contributed by atoms with Gasteiger partial charge in [-0.1, -0.05) is 39.8 Å². The molecule has 5 nitrogen and oxygen atoms in total. The van der Waals surface area contributed by atoms with Crippen LogP contribution in [-0.4, -0.2) is 28.0 Å². The first-order valence-electron chi connectivity index (χ1n) is 9.74. The van der Waals surface area contributed by atoms with Gasteiger partial charge in [0, 0.05) is 21.8 Å². The summed E-state index contributed by atoms with van der Waals surface area (Å²) in [7, 11) is 1.38. The van der Waals surface area contributed by atoms with Crippen molar-refractivity contribution in [2.24, 2.45) is 0 Å². The van der Waals surface area contributed by atoms with Crippen LogP contribution in [0.15, 0.2) is 35.8 Å². The Balaban J connectivity index is 1.68. The third kappa shape index (κ3) is 3.57. The van der Waals surface area contributed by atoms with Crippen LogP contribution in [0.4, 0.5) is 0 Å². The molecule has 0 unspecified atom stereocenters. The van der Waals surface area contributed by atoms with Crippen molar-refractivity contribution < 1.29 is 9.53 Å². The second-order valence-corrected chi connectivity index (χ2v) is 9.69. The zero-order valence-electron chi connectivity index (χ0n) is 17.4. The Morgan fingerprint density at radius 1 is 0.966 bits per heavy atom. The van der Waals surface area contributed by atoms with Crippen LogP contribution in [0, 0.1) is 0 Å². The lowest BCUT2D eigenvalue weighted by Crippen LogP contribution is -2.36. The first-order valence-corrected chi connectivity index (χ1v) is 10.6. The lowest BCUT2D eigenvalue weighted by atomic mass is 9.67. The van der Waals surface area contributed by atoms with Gasteiger partial charge in [-0.15, -0.1) is 11.3 Å². The Labute approximate surface area is 175 Å². The minimum atomic E-state index is -0.341. The summed E-state index contributed by atoms with van der Waals surface area (Å²) < 4.78 is 4.75. The van der Waals surface area contributed by atoms with Crippen LogP contribution in [0.2, 0.25) is 0 Å². The average Bonchev–Trinajstić information content (AvgIpc) is 3.21. The van der Waals surface area contributed by atoms with Gasteiger partial charge in [0.05, 0.1) is 30.3 Å². The van der Waals surface area contributed by atoms with Gasteiger partial charge in [0.2, 0.25) is 0 Å². The Hall–Kier alpha value is -2.60. The third-order valence-electron chi connectivity index (χ3n) is 5.75. The monoisotopic (exact) mass is 407 g/mol. The second kappa shape index (κ2) is 7.02. The molecule has 3 aromatic rings. The fraction of sp³-hybridized carbons (Fsp3) is 0.391. The van der Waals surface area contributed by atoms with Gasteiger partial charge in [-0.05, 0) is 25.0 Å². The van der Waals surface area contributed by atoms with Crippen LogP contribution in [0.3, 0.4) is 0 Å². The molecular formula is C23H25N3O2S. The number of aromatic nitrogens is 3. The van der Waals surface area contributed by atoms with Crippen LogP contribution in [-0.2, 0) is 15.6 Å². The highest BCUT2D eigenvalue weighted by Crippen LogP contribution is 2.44. The molecule has 1 aliphatic carbocycles. The number of thiazole rings is 1. The SMILES string of the molecule is COC(=O)c1ccc(-c2nc(-c3cnc4c(n3)C(C)(C)CCC4(C)C)cs2)cc1. The van der Waals surface area contributed by atoms with E-state index in [0.717, 1.165) is 46.2 Å². The predicted octanol–water partition coefficient (Wildman–Crippen LogP) is 5.40. The summed E-state index contributed by atoms with van der Waals surface area (Å²) >= 11 is 1.56. The van der Waals surface area contributed by atoms with E-state index >= 15 is 0 Å². The summed E-state index contributed by atoms with van der Waals surface area (Å²) in [6, 6.07) is 7.29. The highest BCUT2D eigenvalue weighted by Gasteiger charge is 2.39. The van der Waals surface area contributed by atoms with Crippen molar-refractivity contribution in [3.05, 3.63) is 52.8 Å². The molecule has 0 saturated carbocycles. The van der Waals surface area contributed by atoms with Crippen LogP contribution in [0.1, 0.15) is 62.3 Å². The first kappa shape index (κ1) is 19.7. The zero-order chi connectivity index (χ0) is 20.8. The zero-order valence-corrected chi connectivity index (χ0v) is 18.3. The summed E-state index contributed by atoms with van der Waals surface area (Å²) in [6.07, 6.45) is 4.06. The fourth-order valence-electron chi connectivity index (χ4n) is 3.73. The van der Waals surface area contributed by atoms with E-state index in [0.29, 0.717) is 5.56 Å². The van der Waals surface area contributed by atoms with E-state index in [1.165, 1.54) is 7.11 Å². The molecule has 0 amide bonds. The molecule has 150 valence electrons. The highest BCUT2D eigenvalue weighted by molar-refractivity contribution is 7.13. The average molecular weight is 408 g/mol. The van der Waals surface area contributed by atoms with E-state index in [9.17, 15) is 4.79 Å². The van der Waals surface area contributed by atoms with E-state index in [4.69, 9.17) is 19.7 Å². The maximum Gasteiger partial charge on any atom is 0.337 e. The van der Waals surface area contributed by atoms with Gasteiger partial charge in [0.1, 0.15) is 16.4 Å². The van der Waals surface area contributed by atoms with Gasteiger partial charge in [-0.2, -0.15) is 0 Å². The van der Waals surface area contributed by atoms with Crippen molar-refractivity contribution in [2.45, 2.75) is 51.4 Å². The van der Waals surface area contributed by atoms with Gasteiger partial charge in [0.25, 0.3) is 0 Å². The lowest BCUT2D eigenvalue weighted by Gasteiger charge is -2.39. The molecular weight excluding hydrogens is 382 g/mol. The number of hydrogen-bond acceptors (Lipinski definition) is 6. The molecule has 29 heavy (non-hydrogen) atoms. The van der Waals surface area contributed by atoms with E-state index in [-0.39, 0.29) is 16.8 Å². The van der Waals surface area contributed by atoms with E-state index in [1.807, 2.05) is 23.7 Å². The van der Waals surface area contributed by atoms with E-state index < -0.39 is 0 Å². The molecule has 0 N–H and O–H groups in total. The summed E-state index contributed by atoms with van der Waals surface area (Å²) in [4.78, 5) is 26.2. The lowest BCUT2D eigenvalue weighted by molar-refractivity contribution is 0.0601. The molecule has 0 saturated heterocycles. The molecule has 2 aromatic heterocycles. The summed E-state index contributed by atoms with van der Waals surface area (Å²) in [5.41, 5.74) is 5.37. The number of hydrogen-bond donors (Lipinski definition) is 0. The molecule has 0 fully saturated rings. The molecule has 0 spiro atoms. The van der Waals surface area contributed by atoms with Crippen molar-refractivity contribution in [3.63, 3.8) is 0 Å². The Morgan fingerprint density at radius 3 is 2.28 bits per heavy atom. The van der Waals surface area contributed by atoms with E-state index in [1.54, 1.807) is 23.5 Å². The highest BCUT2D eigenvalue weighted by atomic mass is 32.1. The smallest absolute Gasteiger partial charge is 0.337 e. The predicted molar refractivity (Wildman–Crippen MR) is 115 cm³/mol.